The molecule has 1 aliphatic rings. The lowest BCUT2D eigenvalue weighted by molar-refractivity contribution is 0.0642. The molecule has 3 rings (SSSR count). The van der Waals surface area contributed by atoms with Crippen molar-refractivity contribution in [1.82, 2.24) is 4.90 Å². The second-order valence-corrected chi connectivity index (χ2v) is 4.76. The summed E-state index contributed by atoms with van der Waals surface area (Å²) in [5.41, 5.74) is 2.25. The zero-order valence-electron chi connectivity index (χ0n) is 10.9. The van der Waals surface area contributed by atoms with Gasteiger partial charge in [0.05, 0.1) is 28.5 Å². The van der Waals surface area contributed by atoms with Gasteiger partial charge in [0.25, 0.3) is 11.8 Å². The molecule has 0 unspecified atom stereocenters. The van der Waals surface area contributed by atoms with E-state index in [0.717, 1.165) is 5.56 Å². The number of hydrogen-bond donors (Lipinski definition) is 0. The maximum Gasteiger partial charge on any atom is 0.261 e. The number of nitrogens with zero attached hydrogens (tertiary/aromatic N) is 2. The Bertz CT molecular complexity index is 759. The van der Waals surface area contributed by atoms with Gasteiger partial charge in [-0.15, -0.1) is 0 Å². The van der Waals surface area contributed by atoms with Crippen molar-refractivity contribution < 1.29 is 9.59 Å². The Morgan fingerprint density at radius 2 is 1.52 bits per heavy atom. The maximum absolute atomic E-state index is 12.3. The quantitative estimate of drug-likeness (QED) is 0.496. The molecule has 0 spiro atoms. The van der Waals surface area contributed by atoms with Gasteiger partial charge in [-0.2, -0.15) is 4.99 Å². The van der Waals surface area contributed by atoms with Crippen molar-refractivity contribution in [3.63, 3.8) is 0 Å². The number of carbonyl (C=O) groups is 2. The third-order valence-electron chi connectivity index (χ3n) is 3.36. The van der Waals surface area contributed by atoms with Crippen LogP contribution in [0.25, 0.3) is 0 Å². The lowest BCUT2D eigenvalue weighted by Crippen LogP contribution is -2.29. The molecule has 0 saturated heterocycles. The van der Waals surface area contributed by atoms with Crippen LogP contribution in [0.2, 0.25) is 0 Å². The number of para-hydroxylation sites is 1. The van der Waals surface area contributed by atoms with Crippen LogP contribution < -0.4 is 0 Å². The Morgan fingerprint density at radius 1 is 0.952 bits per heavy atom. The van der Waals surface area contributed by atoms with E-state index in [1.54, 1.807) is 30.3 Å². The molecule has 21 heavy (non-hydrogen) atoms. The van der Waals surface area contributed by atoms with Crippen LogP contribution in [0.3, 0.4) is 0 Å². The minimum atomic E-state index is -0.281. The molecule has 1 aliphatic heterocycles. The standard InChI is InChI=1S/C16H10N2O2S/c19-15-12-6-2-3-7-13(12)16(20)18(15)9-11-5-1-4-8-14(11)17-10-21/h1-8H,9H2. The number of thiocarbonyl (C=S) groups is 1. The molecule has 0 radical (unpaired) electrons. The highest BCUT2D eigenvalue weighted by Crippen LogP contribution is 2.27. The van der Waals surface area contributed by atoms with Crippen LogP contribution in [0.5, 0.6) is 0 Å². The molecule has 1 heterocycles. The number of amides is 2. The Morgan fingerprint density at radius 3 is 2.14 bits per heavy atom. The van der Waals surface area contributed by atoms with Gasteiger partial charge in [0.1, 0.15) is 0 Å². The Balaban J connectivity index is 1.96. The maximum atomic E-state index is 12.3. The Kier molecular flexibility index (Phi) is 3.44. The Labute approximate surface area is 126 Å². The molecule has 2 amide bonds. The van der Waals surface area contributed by atoms with Crippen LogP contribution in [-0.2, 0) is 6.54 Å². The number of rotatable bonds is 3. The SMILES string of the molecule is O=C1c2ccccc2C(=O)N1Cc1ccccc1N=C=S. The van der Waals surface area contributed by atoms with Crippen LogP contribution in [0.4, 0.5) is 5.69 Å². The lowest BCUT2D eigenvalue weighted by Gasteiger charge is -2.14. The number of aliphatic imine (C=N–C) groups is 1. The van der Waals surface area contributed by atoms with E-state index >= 15 is 0 Å². The number of imide groups is 1. The second-order valence-electron chi connectivity index (χ2n) is 4.57. The van der Waals surface area contributed by atoms with Gasteiger partial charge in [0, 0.05) is 0 Å². The van der Waals surface area contributed by atoms with Crippen LogP contribution >= 0.6 is 12.2 Å². The van der Waals surface area contributed by atoms with Gasteiger partial charge in [-0.05, 0) is 36.0 Å². The molecule has 0 N–H and O–H groups in total. The first-order valence-corrected chi connectivity index (χ1v) is 6.74. The van der Waals surface area contributed by atoms with Gasteiger partial charge in [0.15, 0.2) is 0 Å². The number of hydrogen-bond acceptors (Lipinski definition) is 4. The van der Waals surface area contributed by atoms with Crippen molar-refractivity contribution in [2.24, 2.45) is 4.99 Å². The average Bonchev–Trinajstić information content (AvgIpc) is 2.75. The smallest absolute Gasteiger partial charge is 0.261 e. The van der Waals surface area contributed by atoms with E-state index in [1.165, 1.54) is 4.90 Å². The van der Waals surface area contributed by atoms with Crippen molar-refractivity contribution in [2.45, 2.75) is 6.54 Å². The molecule has 5 heteroatoms. The number of isothiocyanates is 1. The lowest BCUT2D eigenvalue weighted by atomic mass is 10.1. The number of fused-ring (bicyclic) bond motifs is 1. The monoisotopic (exact) mass is 294 g/mol. The summed E-state index contributed by atoms with van der Waals surface area (Å²) in [4.78, 5) is 29.8. The summed E-state index contributed by atoms with van der Waals surface area (Å²) in [6.07, 6.45) is 0. The van der Waals surface area contributed by atoms with E-state index in [9.17, 15) is 9.59 Å². The molecule has 2 aromatic rings. The van der Waals surface area contributed by atoms with Gasteiger partial charge in [-0.25, -0.2) is 0 Å². The van der Waals surface area contributed by atoms with E-state index in [-0.39, 0.29) is 18.4 Å². The molecule has 0 atom stereocenters. The predicted molar refractivity (Wildman–Crippen MR) is 81.8 cm³/mol. The van der Waals surface area contributed by atoms with Gasteiger partial charge < -0.3 is 0 Å². The van der Waals surface area contributed by atoms with E-state index in [1.807, 2.05) is 18.2 Å². The van der Waals surface area contributed by atoms with Gasteiger partial charge >= 0.3 is 0 Å². The van der Waals surface area contributed by atoms with Crippen molar-refractivity contribution in [3.8, 4) is 0 Å². The fourth-order valence-corrected chi connectivity index (χ4v) is 2.45. The minimum absolute atomic E-state index is 0.170. The molecule has 0 saturated carbocycles. The van der Waals surface area contributed by atoms with Gasteiger partial charge in [-0.1, -0.05) is 30.3 Å². The molecular weight excluding hydrogens is 284 g/mol. The van der Waals surface area contributed by atoms with Gasteiger partial charge in [0.2, 0.25) is 0 Å². The van der Waals surface area contributed by atoms with E-state index in [0.29, 0.717) is 16.8 Å². The first-order valence-electron chi connectivity index (χ1n) is 6.33. The van der Waals surface area contributed by atoms with Crippen molar-refractivity contribution in [2.75, 3.05) is 0 Å². The summed E-state index contributed by atoms with van der Waals surface area (Å²) in [5.74, 6) is -0.562. The first-order chi connectivity index (χ1) is 10.2. The molecule has 0 fully saturated rings. The average molecular weight is 294 g/mol. The van der Waals surface area contributed by atoms with E-state index < -0.39 is 0 Å². The zero-order chi connectivity index (χ0) is 14.8. The third-order valence-corrected chi connectivity index (χ3v) is 3.46. The van der Waals surface area contributed by atoms with Crippen LogP contribution in [-0.4, -0.2) is 21.9 Å². The third kappa shape index (κ3) is 2.29. The first kappa shape index (κ1) is 13.4. The highest BCUT2D eigenvalue weighted by atomic mass is 32.1. The normalized spacial score (nSPS) is 13.0. The van der Waals surface area contributed by atoms with Crippen LogP contribution in [0.1, 0.15) is 26.3 Å². The summed E-state index contributed by atoms with van der Waals surface area (Å²) < 4.78 is 0. The molecule has 0 aromatic heterocycles. The molecule has 4 nitrogen and oxygen atoms in total. The number of benzene rings is 2. The van der Waals surface area contributed by atoms with Crippen LogP contribution in [0.15, 0.2) is 53.5 Å². The topological polar surface area (TPSA) is 49.7 Å². The molecule has 0 aliphatic carbocycles. The fourth-order valence-electron chi connectivity index (χ4n) is 2.36. The largest absolute Gasteiger partial charge is 0.270 e. The zero-order valence-corrected chi connectivity index (χ0v) is 11.8. The Hall–Kier alpha value is -2.62. The highest BCUT2D eigenvalue weighted by Gasteiger charge is 2.35. The highest BCUT2D eigenvalue weighted by molar-refractivity contribution is 7.78. The summed E-state index contributed by atoms with van der Waals surface area (Å²) in [5, 5.41) is 2.31. The van der Waals surface area contributed by atoms with Crippen molar-refractivity contribution >= 4 is 34.9 Å². The fraction of sp³-hybridized carbons (Fsp3) is 0.0625. The summed E-state index contributed by atoms with van der Waals surface area (Å²) >= 11 is 4.62. The number of carbonyl (C=O) groups excluding carboxylic acids is 2. The van der Waals surface area contributed by atoms with E-state index in [2.05, 4.69) is 22.4 Å². The van der Waals surface area contributed by atoms with Crippen molar-refractivity contribution in [1.29, 1.82) is 0 Å². The minimum Gasteiger partial charge on any atom is -0.270 e. The van der Waals surface area contributed by atoms with Gasteiger partial charge in [-0.3, -0.25) is 14.5 Å². The summed E-state index contributed by atoms with van der Waals surface area (Å²) in [7, 11) is 0. The molecule has 0 bridgehead atoms. The van der Waals surface area contributed by atoms with E-state index in [4.69, 9.17) is 0 Å². The molecule has 102 valence electrons. The molecule has 2 aromatic carbocycles. The van der Waals surface area contributed by atoms with Crippen molar-refractivity contribution in [3.05, 3.63) is 65.2 Å². The second kappa shape index (κ2) is 5.40. The summed E-state index contributed by atoms with van der Waals surface area (Å²) in [6, 6.07) is 14.1. The molecular formula is C16H10N2O2S. The summed E-state index contributed by atoms with van der Waals surface area (Å²) in [6.45, 7) is 0.170. The predicted octanol–water partition coefficient (Wildman–Crippen LogP) is 3.22. The van der Waals surface area contributed by atoms with Crippen LogP contribution in [0, 0.1) is 0 Å².